The summed E-state index contributed by atoms with van der Waals surface area (Å²) in [6.07, 6.45) is 0. The number of piperazine rings is 1. The smallest absolute Gasteiger partial charge is 0.244 e. The van der Waals surface area contributed by atoms with Crippen molar-refractivity contribution in [1.82, 2.24) is 9.21 Å². The summed E-state index contributed by atoms with van der Waals surface area (Å²) in [7, 11) is -3.65. The van der Waals surface area contributed by atoms with Crippen molar-refractivity contribution in [3.63, 3.8) is 0 Å². The molecule has 0 N–H and O–H groups in total. The Morgan fingerprint density at radius 3 is 2.32 bits per heavy atom. The van der Waals surface area contributed by atoms with Crippen molar-refractivity contribution >= 4 is 10.0 Å². The molecule has 0 amide bonds. The third-order valence-electron chi connectivity index (χ3n) is 4.83. The molecule has 0 atom stereocenters. The van der Waals surface area contributed by atoms with Crippen LogP contribution in [0.15, 0.2) is 47.4 Å². The Morgan fingerprint density at radius 2 is 1.68 bits per heavy atom. The molecule has 0 radical (unpaired) electrons. The Hall–Kier alpha value is -2.40. The van der Waals surface area contributed by atoms with Gasteiger partial charge in [0.05, 0.1) is 10.5 Å². The van der Waals surface area contributed by atoms with Crippen LogP contribution in [0.4, 0.5) is 0 Å². The minimum Gasteiger partial charge on any atom is -0.492 e. The minimum absolute atomic E-state index is 0.0871. The van der Waals surface area contributed by atoms with Gasteiger partial charge in [0.15, 0.2) is 0 Å². The van der Waals surface area contributed by atoms with Crippen LogP contribution in [-0.2, 0) is 10.0 Å². The van der Waals surface area contributed by atoms with Crippen LogP contribution < -0.4 is 4.74 Å². The van der Waals surface area contributed by atoms with Crippen molar-refractivity contribution in [2.75, 3.05) is 39.3 Å². The predicted octanol–water partition coefficient (Wildman–Crippen LogP) is 2.56. The van der Waals surface area contributed by atoms with Gasteiger partial charge in [-0.1, -0.05) is 18.2 Å². The second-order valence-electron chi connectivity index (χ2n) is 7.03. The summed E-state index contributed by atoms with van der Waals surface area (Å²) >= 11 is 0. The van der Waals surface area contributed by atoms with Crippen LogP contribution in [-0.4, -0.2) is 57.0 Å². The monoisotopic (exact) mass is 399 g/mol. The zero-order valence-electron chi connectivity index (χ0n) is 16.3. The Balaban J connectivity index is 1.53. The summed E-state index contributed by atoms with van der Waals surface area (Å²) < 4.78 is 33.1. The number of hydrogen-bond donors (Lipinski definition) is 0. The summed E-state index contributed by atoms with van der Waals surface area (Å²) in [5, 5.41) is 9.19. The van der Waals surface area contributed by atoms with E-state index in [4.69, 9.17) is 4.74 Å². The molecule has 28 heavy (non-hydrogen) atoms. The molecule has 1 saturated heterocycles. The molecule has 6 nitrogen and oxygen atoms in total. The van der Waals surface area contributed by atoms with E-state index >= 15 is 0 Å². The highest BCUT2D eigenvalue weighted by atomic mass is 32.2. The fraction of sp³-hybridized carbons (Fsp3) is 0.381. The van der Waals surface area contributed by atoms with Gasteiger partial charge >= 0.3 is 0 Å². The number of hydrogen-bond acceptors (Lipinski definition) is 5. The number of nitriles is 1. The molecule has 1 aliphatic rings. The SMILES string of the molecule is Cc1cc(C)cc(OCCN2CCN(S(=O)(=O)c3ccccc3C#N)CC2)c1. The first-order valence-electron chi connectivity index (χ1n) is 9.33. The van der Waals surface area contributed by atoms with Gasteiger partial charge in [-0.15, -0.1) is 0 Å². The van der Waals surface area contributed by atoms with E-state index in [0.29, 0.717) is 32.8 Å². The molecule has 1 fully saturated rings. The van der Waals surface area contributed by atoms with Crippen molar-refractivity contribution in [2.24, 2.45) is 0 Å². The van der Waals surface area contributed by atoms with E-state index in [1.54, 1.807) is 12.1 Å². The van der Waals surface area contributed by atoms with Crippen LogP contribution in [0.25, 0.3) is 0 Å². The quantitative estimate of drug-likeness (QED) is 0.746. The fourth-order valence-corrected chi connectivity index (χ4v) is 4.99. The van der Waals surface area contributed by atoms with Gasteiger partial charge in [-0.3, -0.25) is 4.90 Å². The lowest BCUT2D eigenvalue weighted by Gasteiger charge is -2.34. The highest BCUT2D eigenvalue weighted by molar-refractivity contribution is 7.89. The number of aryl methyl sites for hydroxylation is 2. The van der Waals surface area contributed by atoms with Crippen LogP contribution >= 0.6 is 0 Å². The largest absolute Gasteiger partial charge is 0.492 e. The molecule has 0 spiro atoms. The molecule has 2 aromatic rings. The molecule has 2 aromatic carbocycles. The summed E-state index contributed by atoms with van der Waals surface area (Å²) in [6.45, 7) is 7.50. The maximum Gasteiger partial charge on any atom is 0.244 e. The zero-order valence-corrected chi connectivity index (χ0v) is 17.1. The van der Waals surface area contributed by atoms with Crippen LogP contribution in [0, 0.1) is 25.2 Å². The van der Waals surface area contributed by atoms with E-state index in [1.165, 1.54) is 27.6 Å². The number of ether oxygens (including phenoxy) is 1. The topological polar surface area (TPSA) is 73.6 Å². The van der Waals surface area contributed by atoms with Crippen molar-refractivity contribution in [2.45, 2.75) is 18.7 Å². The highest BCUT2D eigenvalue weighted by Crippen LogP contribution is 2.21. The molecule has 0 saturated carbocycles. The maximum absolute atomic E-state index is 12.9. The normalized spacial score (nSPS) is 15.9. The average Bonchev–Trinajstić information content (AvgIpc) is 2.67. The molecule has 3 rings (SSSR count). The average molecular weight is 400 g/mol. The molecule has 0 bridgehead atoms. The van der Waals surface area contributed by atoms with Crippen LogP contribution in [0.2, 0.25) is 0 Å². The van der Waals surface area contributed by atoms with Gasteiger partial charge in [-0.25, -0.2) is 8.42 Å². The molecule has 1 heterocycles. The third-order valence-corrected chi connectivity index (χ3v) is 6.78. The van der Waals surface area contributed by atoms with Crippen molar-refractivity contribution in [3.05, 3.63) is 59.2 Å². The number of rotatable bonds is 6. The van der Waals surface area contributed by atoms with Gasteiger partial charge in [0.2, 0.25) is 10.0 Å². The lowest BCUT2D eigenvalue weighted by atomic mass is 10.1. The third kappa shape index (κ3) is 4.71. The van der Waals surface area contributed by atoms with Gasteiger partial charge in [-0.2, -0.15) is 9.57 Å². The lowest BCUT2D eigenvalue weighted by Crippen LogP contribution is -2.49. The second-order valence-corrected chi connectivity index (χ2v) is 8.93. The van der Waals surface area contributed by atoms with E-state index in [2.05, 4.69) is 11.0 Å². The van der Waals surface area contributed by atoms with Crippen LogP contribution in [0.1, 0.15) is 16.7 Å². The van der Waals surface area contributed by atoms with Crippen LogP contribution in [0.3, 0.4) is 0 Å². The van der Waals surface area contributed by atoms with Crippen LogP contribution in [0.5, 0.6) is 5.75 Å². The first-order chi connectivity index (χ1) is 13.4. The van der Waals surface area contributed by atoms with Gasteiger partial charge in [0.25, 0.3) is 0 Å². The number of sulfonamides is 1. The maximum atomic E-state index is 12.9. The fourth-order valence-electron chi connectivity index (χ4n) is 3.43. The van der Waals surface area contributed by atoms with Gasteiger partial charge in [-0.05, 0) is 49.2 Å². The summed E-state index contributed by atoms with van der Waals surface area (Å²) in [5.74, 6) is 0.867. The summed E-state index contributed by atoms with van der Waals surface area (Å²) in [6, 6.07) is 14.5. The standard InChI is InChI=1S/C21H25N3O3S/c1-17-13-18(2)15-20(14-17)27-12-11-23-7-9-24(10-8-23)28(25,26)21-6-4-3-5-19(21)16-22/h3-6,13-15H,7-12H2,1-2H3. The van der Waals surface area contributed by atoms with Crippen molar-refractivity contribution in [1.29, 1.82) is 5.26 Å². The number of benzene rings is 2. The van der Waals surface area contributed by atoms with Gasteiger partial charge in [0, 0.05) is 32.7 Å². The molecule has 0 unspecified atom stereocenters. The van der Waals surface area contributed by atoms with Gasteiger partial charge in [0.1, 0.15) is 18.4 Å². The highest BCUT2D eigenvalue weighted by Gasteiger charge is 2.30. The van der Waals surface area contributed by atoms with Crippen molar-refractivity contribution < 1.29 is 13.2 Å². The molecular weight excluding hydrogens is 374 g/mol. The molecule has 0 aromatic heterocycles. The summed E-state index contributed by atoms with van der Waals surface area (Å²) in [5.41, 5.74) is 2.53. The molecule has 0 aliphatic carbocycles. The first kappa shape index (κ1) is 20.3. The Kier molecular flexibility index (Phi) is 6.35. The predicted molar refractivity (Wildman–Crippen MR) is 108 cm³/mol. The minimum atomic E-state index is -3.65. The van der Waals surface area contributed by atoms with E-state index < -0.39 is 10.0 Å². The summed E-state index contributed by atoms with van der Waals surface area (Å²) in [4.78, 5) is 2.29. The van der Waals surface area contributed by atoms with E-state index in [9.17, 15) is 13.7 Å². The van der Waals surface area contributed by atoms with E-state index in [-0.39, 0.29) is 10.5 Å². The molecule has 7 heteroatoms. The Morgan fingerprint density at radius 1 is 1.04 bits per heavy atom. The second kappa shape index (κ2) is 8.74. The van der Waals surface area contributed by atoms with E-state index in [1.807, 2.05) is 32.0 Å². The molecule has 148 valence electrons. The van der Waals surface area contributed by atoms with E-state index in [0.717, 1.165) is 12.3 Å². The first-order valence-corrected chi connectivity index (χ1v) is 10.8. The zero-order chi connectivity index (χ0) is 20.1. The van der Waals surface area contributed by atoms with Gasteiger partial charge < -0.3 is 4.74 Å². The Labute approximate surface area is 167 Å². The molecule has 1 aliphatic heterocycles. The lowest BCUT2D eigenvalue weighted by molar-refractivity contribution is 0.159. The molecular formula is C21H25N3O3S. The Bertz CT molecular complexity index is 954. The van der Waals surface area contributed by atoms with Crippen molar-refractivity contribution in [3.8, 4) is 11.8 Å². The number of nitrogens with zero attached hydrogens (tertiary/aromatic N) is 3.